The van der Waals surface area contributed by atoms with Crippen molar-refractivity contribution in [2.24, 2.45) is 0 Å². The summed E-state index contributed by atoms with van der Waals surface area (Å²) in [5.74, 6) is 0.335. The summed E-state index contributed by atoms with van der Waals surface area (Å²) in [4.78, 5) is 12.8. The number of ether oxygens (including phenoxy) is 2. The van der Waals surface area contributed by atoms with Crippen LogP contribution in [0.5, 0.6) is 5.75 Å². The molecule has 0 heterocycles. The summed E-state index contributed by atoms with van der Waals surface area (Å²) in [6, 6.07) is 7.21. The van der Waals surface area contributed by atoms with Crippen molar-refractivity contribution in [2.75, 3.05) is 11.9 Å². The molecule has 5 nitrogen and oxygen atoms in total. The largest absolute Gasteiger partial charge is 0.490 e. The van der Waals surface area contributed by atoms with Gasteiger partial charge in [0.25, 0.3) is 5.91 Å². The van der Waals surface area contributed by atoms with Gasteiger partial charge in [0.15, 0.2) is 0 Å². The first-order valence-corrected chi connectivity index (χ1v) is 9.02. The fourth-order valence-corrected chi connectivity index (χ4v) is 2.41. The number of unbranched alkanes of at least 4 members (excludes halogenated alkanes) is 1. The van der Waals surface area contributed by atoms with Crippen LogP contribution in [0.2, 0.25) is 0 Å². The average molecular weight is 346 g/mol. The van der Waals surface area contributed by atoms with Crippen LogP contribution in [0.3, 0.4) is 0 Å². The molecule has 1 unspecified atom stereocenters. The second kappa shape index (κ2) is 10.0. The lowest BCUT2D eigenvalue weighted by Gasteiger charge is -2.28. The number of rotatable bonds is 10. The number of hydrogen-bond acceptors (Lipinski definition) is 4. The molecule has 1 amide bonds. The van der Waals surface area contributed by atoms with Crippen LogP contribution in [-0.4, -0.2) is 24.2 Å². The van der Waals surface area contributed by atoms with Gasteiger partial charge < -0.3 is 14.8 Å². The molecular weight excluding hydrogens is 316 g/mol. The van der Waals surface area contributed by atoms with E-state index in [0.717, 1.165) is 19.3 Å². The van der Waals surface area contributed by atoms with Crippen LogP contribution in [0, 0.1) is 11.3 Å². The number of benzene rings is 1. The highest BCUT2D eigenvalue weighted by Crippen LogP contribution is 2.26. The lowest BCUT2D eigenvalue weighted by atomic mass is 9.97. The Bertz CT molecular complexity index is 597. The summed E-state index contributed by atoms with van der Waals surface area (Å²) in [5, 5.41) is 12.2. The molecule has 5 heteroatoms. The van der Waals surface area contributed by atoms with Crippen LogP contribution < -0.4 is 10.1 Å². The van der Waals surface area contributed by atoms with Crippen LogP contribution >= 0.6 is 0 Å². The highest BCUT2D eigenvalue weighted by molar-refractivity contribution is 5.97. The third kappa shape index (κ3) is 6.39. The number of nitrogens with zero attached hydrogens (tertiary/aromatic N) is 1. The van der Waals surface area contributed by atoms with Gasteiger partial charge in [0.2, 0.25) is 0 Å². The van der Waals surface area contributed by atoms with E-state index >= 15 is 0 Å². The van der Waals surface area contributed by atoms with Crippen LogP contribution in [0.4, 0.5) is 5.69 Å². The van der Waals surface area contributed by atoms with E-state index in [1.165, 1.54) is 0 Å². The SMILES string of the molecule is CCCCC(C)(OCCC)C(=O)Nc1ccc(OC(C)C)c(C#N)c1. The Morgan fingerprint density at radius 3 is 2.60 bits per heavy atom. The maximum absolute atomic E-state index is 12.8. The summed E-state index contributed by atoms with van der Waals surface area (Å²) in [5.41, 5.74) is 0.100. The zero-order valence-electron chi connectivity index (χ0n) is 16.0. The Labute approximate surface area is 151 Å². The van der Waals surface area contributed by atoms with Crippen molar-refractivity contribution < 1.29 is 14.3 Å². The lowest BCUT2D eigenvalue weighted by Crippen LogP contribution is -2.43. The van der Waals surface area contributed by atoms with Gasteiger partial charge >= 0.3 is 0 Å². The topological polar surface area (TPSA) is 71.3 Å². The van der Waals surface area contributed by atoms with Gasteiger partial charge in [0.1, 0.15) is 17.4 Å². The van der Waals surface area contributed by atoms with Gasteiger partial charge in [0, 0.05) is 12.3 Å². The van der Waals surface area contributed by atoms with Crippen molar-refractivity contribution in [1.82, 2.24) is 0 Å². The molecule has 0 aromatic heterocycles. The molecular formula is C20H30N2O3. The summed E-state index contributed by atoms with van der Waals surface area (Å²) in [7, 11) is 0. The second-order valence-corrected chi connectivity index (χ2v) is 6.63. The van der Waals surface area contributed by atoms with Crippen molar-refractivity contribution in [3.8, 4) is 11.8 Å². The quantitative estimate of drug-likeness (QED) is 0.669. The van der Waals surface area contributed by atoms with E-state index in [0.29, 0.717) is 30.0 Å². The maximum atomic E-state index is 12.8. The maximum Gasteiger partial charge on any atom is 0.256 e. The summed E-state index contributed by atoms with van der Waals surface area (Å²) in [6.07, 6.45) is 3.41. The van der Waals surface area contributed by atoms with E-state index in [-0.39, 0.29) is 12.0 Å². The molecule has 0 aliphatic heterocycles. The minimum atomic E-state index is -0.869. The fourth-order valence-electron chi connectivity index (χ4n) is 2.41. The number of carbonyl (C=O) groups is 1. The van der Waals surface area contributed by atoms with Gasteiger partial charge in [0.05, 0.1) is 11.7 Å². The van der Waals surface area contributed by atoms with Crippen molar-refractivity contribution in [3.05, 3.63) is 23.8 Å². The minimum Gasteiger partial charge on any atom is -0.490 e. The molecule has 0 radical (unpaired) electrons. The molecule has 1 aromatic rings. The summed E-state index contributed by atoms with van der Waals surface area (Å²) >= 11 is 0. The first-order valence-electron chi connectivity index (χ1n) is 9.02. The zero-order valence-corrected chi connectivity index (χ0v) is 16.0. The first kappa shape index (κ1) is 21.0. The number of amides is 1. The molecule has 0 fully saturated rings. The number of carbonyl (C=O) groups excluding carboxylic acids is 1. The Balaban J connectivity index is 2.94. The molecule has 1 N–H and O–H groups in total. The molecule has 138 valence electrons. The Morgan fingerprint density at radius 1 is 1.32 bits per heavy atom. The first-order chi connectivity index (χ1) is 11.9. The van der Waals surface area contributed by atoms with Crippen molar-refractivity contribution in [1.29, 1.82) is 5.26 Å². The Kier molecular flexibility index (Phi) is 8.44. The van der Waals surface area contributed by atoms with Crippen LogP contribution in [-0.2, 0) is 9.53 Å². The normalized spacial score (nSPS) is 13.2. The minimum absolute atomic E-state index is 0.0210. The van der Waals surface area contributed by atoms with E-state index < -0.39 is 5.60 Å². The van der Waals surface area contributed by atoms with Crippen LogP contribution in [0.25, 0.3) is 0 Å². The highest BCUT2D eigenvalue weighted by atomic mass is 16.5. The molecule has 0 aliphatic carbocycles. The van der Waals surface area contributed by atoms with Gasteiger partial charge in [-0.1, -0.05) is 26.7 Å². The smallest absolute Gasteiger partial charge is 0.256 e. The zero-order chi connectivity index (χ0) is 18.9. The highest BCUT2D eigenvalue weighted by Gasteiger charge is 2.33. The fraction of sp³-hybridized carbons (Fsp3) is 0.600. The van der Waals surface area contributed by atoms with Crippen molar-refractivity contribution in [3.63, 3.8) is 0 Å². The summed E-state index contributed by atoms with van der Waals surface area (Å²) < 4.78 is 11.5. The predicted octanol–water partition coefficient (Wildman–Crippen LogP) is 4.66. The molecule has 0 saturated heterocycles. The van der Waals surface area contributed by atoms with Crippen molar-refractivity contribution in [2.45, 2.75) is 72.0 Å². The van der Waals surface area contributed by atoms with Gasteiger partial charge in [-0.05, 0) is 51.8 Å². The molecule has 1 atom stereocenters. The van der Waals surface area contributed by atoms with E-state index in [4.69, 9.17) is 9.47 Å². The molecule has 0 aliphatic rings. The second-order valence-electron chi connectivity index (χ2n) is 6.63. The van der Waals surface area contributed by atoms with Gasteiger partial charge in [-0.25, -0.2) is 0 Å². The molecule has 1 aromatic carbocycles. The number of nitriles is 1. The third-order valence-corrected chi connectivity index (χ3v) is 3.83. The predicted molar refractivity (Wildman–Crippen MR) is 99.7 cm³/mol. The van der Waals surface area contributed by atoms with Crippen LogP contribution in [0.1, 0.15) is 65.9 Å². The van der Waals surface area contributed by atoms with Crippen molar-refractivity contribution >= 4 is 11.6 Å². The Hall–Kier alpha value is -2.06. The summed E-state index contributed by atoms with van der Waals surface area (Å²) in [6.45, 7) is 10.3. The third-order valence-electron chi connectivity index (χ3n) is 3.83. The van der Waals surface area contributed by atoms with E-state index in [1.54, 1.807) is 18.2 Å². The van der Waals surface area contributed by atoms with Crippen LogP contribution in [0.15, 0.2) is 18.2 Å². The van der Waals surface area contributed by atoms with Gasteiger partial charge in [-0.15, -0.1) is 0 Å². The number of anilines is 1. The lowest BCUT2D eigenvalue weighted by molar-refractivity contribution is -0.140. The Morgan fingerprint density at radius 2 is 2.04 bits per heavy atom. The molecule has 0 spiro atoms. The number of hydrogen-bond donors (Lipinski definition) is 1. The molecule has 1 rings (SSSR count). The molecule has 25 heavy (non-hydrogen) atoms. The number of nitrogens with one attached hydrogen (secondary N) is 1. The van der Waals surface area contributed by atoms with E-state index in [9.17, 15) is 10.1 Å². The monoisotopic (exact) mass is 346 g/mol. The van der Waals surface area contributed by atoms with E-state index in [2.05, 4.69) is 18.3 Å². The van der Waals surface area contributed by atoms with Gasteiger partial charge in [-0.3, -0.25) is 4.79 Å². The average Bonchev–Trinajstić information content (AvgIpc) is 2.58. The molecule has 0 bridgehead atoms. The standard InChI is InChI=1S/C20H30N2O3/c1-6-8-11-20(5,24-12-7-2)19(23)22-17-9-10-18(25-15(3)4)16(13-17)14-21/h9-10,13,15H,6-8,11-12H2,1-5H3,(H,22,23). The molecule has 0 saturated carbocycles. The van der Waals surface area contributed by atoms with E-state index in [1.807, 2.05) is 27.7 Å². The van der Waals surface area contributed by atoms with Gasteiger partial charge in [-0.2, -0.15) is 5.26 Å².